The number of aromatic nitrogens is 1. The summed E-state index contributed by atoms with van der Waals surface area (Å²) in [6.07, 6.45) is 5.19. The van der Waals surface area contributed by atoms with Gasteiger partial charge in [-0.25, -0.2) is 10.5 Å². The average molecular weight is 610 g/mol. The SMILES string of the molecule is CCc1c(C#N)c(S[C@@H](C(N)=O)c2ccccc2)nc(N2CCC(CNCc3ccc(/C=C/C(=O)NO)cc3)CC2)c1C#N. The van der Waals surface area contributed by atoms with E-state index in [0.29, 0.717) is 59.5 Å². The molecule has 2 heterocycles. The number of carbonyl (C=O) groups is 2. The molecule has 5 N–H and O–H groups in total. The molecule has 1 aliphatic heterocycles. The van der Waals surface area contributed by atoms with Crippen LogP contribution in [0.3, 0.4) is 0 Å². The summed E-state index contributed by atoms with van der Waals surface area (Å²) in [5.41, 5.74) is 11.4. The largest absolute Gasteiger partial charge is 0.368 e. The number of thioether (sulfide) groups is 1. The van der Waals surface area contributed by atoms with Gasteiger partial charge in [-0.2, -0.15) is 10.5 Å². The maximum atomic E-state index is 12.5. The zero-order chi connectivity index (χ0) is 31.5. The number of nitriles is 2. The molecule has 1 fully saturated rings. The molecule has 0 spiro atoms. The Hall–Kier alpha value is -4.68. The molecule has 226 valence electrons. The molecule has 11 heteroatoms. The van der Waals surface area contributed by atoms with Crippen LogP contribution >= 0.6 is 11.8 Å². The third kappa shape index (κ3) is 8.03. The van der Waals surface area contributed by atoms with E-state index in [1.807, 2.05) is 61.5 Å². The van der Waals surface area contributed by atoms with Crippen molar-refractivity contribution in [1.82, 2.24) is 15.8 Å². The monoisotopic (exact) mass is 609 g/mol. The Labute approximate surface area is 261 Å². The van der Waals surface area contributed by atoms with E-state index in [4.69, 9.17) is 15.9 Å². The second-order valence-corrected chi connectivity index (χ2v) is 11.6. The Morgan fingerprint density at radius 3 is 2.39 bits per heavy atom. The van der Waals surface area contributed by atoms with Crippen molar-refractivity contribution in [3.63, 3.8) is 0 Å². The van der Waals surface area contributed by atoms with Gasteiger partial charge in [-0.1, -0.05) is 73.3 Å². The summed E-state index contributed by atoms with van der Waals surface area (Å²) in [4.78, 5) is 30.6. The number of hydrogen-bond donors (Lipinski definition) is 4. The predicted molar refractivity (Wildman–Crippen MR) is 169 cm³/mol. The van der Waals surface area contributed by atoms with Gasteiger partial charge in [0.05, 0.1) is 11.1 Å². The number of piperidine rings is 1. The Kier molecular flexibility index (Phi) is 11.5. The van der Waals surface area contributed by atoms with Crippen LogP contribution in [0.4, 0.5) is 5.82 Å². The average Bonchev–Trinajstić information content (AvgIpc) is 3.06. The van der Waals surface area contributed by atoms with Crippen LogP contribution in [-0.2, 0) is 22.6 Å². The van der Waals surface area contributed by atoms with E-state index in [-0.39, 0.29) is 0 Å². The van der Waals surface area contributed by atoms with E-state index in [1.165, 1.54) is 6.08 Å². The van der Waals surface area contributed by atoms with Gasteiger partial charge in [0.25, 0.3) is 5.91 Å². The summed E-state index contributed by atoms with van der Waals surface area (Å²) in [6.45, 7) is 4.90. The summed E-state index contributed by atoms with van der Waals surface area (Å²) in [6, 6.07) is 21.5. The van der Waals surface area contributed by atoms with Gasteiger partial charge in [-0.15, -0.1) is 0 Å². The highest BCUT2D eigenvalue weighted by molar-refractivity contribution is 8.00. The Morgan fingerprint density at radius 1 is 1.11 bits per heavy atom. The van der Waals surface area contributed by atoms with Gasteiger partial charge in [0.15, 0.2) is 0 Å². The number of anilines is 1. The quantitative estimate of drug-likeness (QED) is 0.102. The third-order valence-electron chi connectivity index (χ3n) is 7.61. The summed E-state index contributed by atoms with van der Waals surface area (Å²) in [5, 5.41) is 32.0. The first-order chi connectivity index (χ1) is 21.4. The fraction of sp³-hybridized carbons (Fsp3) is 0.303. The number of primary amides is 1. The number of benzene rings is 2. The minimum absolute atomic E-state index is 0.318. The van der Waals surface area contributed by atoms with Gasteiger partial charge >= 0.3 is 0 Å². The lowest BCUT2D eigenvalue weighted by atomic mass is 9.95. The Balaban J connectivity index is 1.43. The second-order valence-electron chi connectivity index (χ2n) is 10.5. The van der Waals surface area contributed by atoms with Crippen LogP contribution in [0.1, 0.15) is 58.4 Å². The van der Waals surface area contributed by atoms with E-state index in [9.17, 15) is 20.1 Å². The summed E-state index contributed by atoms with van der Waals surface area (Å²) >= 11 is 1.16. The molecule has 2 aromatic carbocycles. The van der Waals surface area contributed by atoms with Crippen molar-refractivity contribution >= 4 is 35.5 Å². The van der Waals surface area contributed by atoms with Crippen LogP contribution in [0.25, 0.3) is 6.08 Å². The predicted octanol–water partition coefficient (Wildman–Crippen LogP) is 4.23. The maximum Gasteiger partial charge on any atom is 0.267 e. The minimum Gasteiger partial charge on any atom is -0.368 e. The molecule has 0 saturated carbocycles. The van der Waals surface area contributed by atoms with Gasteiger partial charge in [-0.3, -0.25) is 14.8 Å². The summed E-state index contributed by atoms with van der Waals surface area (Å²) in [5.74, 6) is -0.0973. The molecule has 0 aliphatic carbocycles. The van der Waals surface area contributed by atoms with Crippen LogP contribution in [0.2, 0.25) is 0 Å². The maximum absolute atomic E-state index is 12.5. The fourth-order valence-corrected chi connectivity index (χ4v) is 6.31. The number of pyridine rings is 1. The molecular formula is C33H35N7O3S. The second kappa shape index (κ2) is 15.7. The smallest absolute Gasteiger partial charge is 0.267 e. The van der Waals surface area contributed by atoms with Crippen molar-refractivity contribution in [3.05, 3.63) is 94.1 Å². The lowest BCUT2D eigenvalue weighted by Gasteiger charge is -2.34. The highest BCUT2D eigenvalue weighted by Gasteiger charge is 2.29. The summed E-state index contributed by atoms with van der Waals surface area (Å²) < 4.78 is 0. The molecule has 1 atom stereocenters. The first-order valence-electron chi connectivity index (χ1n) is 14.4. The van der Waals surface area contributed by atoms with Crippen molar-refractivity contribution in [1.29, 1.82) is 10.5 Å². The lowest BCUT2D eigenvalue weighted by Crippen LogP contribution is -2.38. The van der Waals surface area contributed by atoms with Gasteiger partial charge in [0.1, 0.15) is 28.2 Å². The Bertz CT molecular complexity index is 1570. The number of nitrogens with two attached hydrogens (primary N) is 1. The molecule has 0 bridgehead atoms. The molecule has 1 saturated heterocycles. The fourth-order valence-electron chi connectivity index (χ4n) is 5.25. The van der Waals surface area contributed by atoms with Crippen molar-refractivity contribution in [2.45, 2.75) is 43.0 Å². The number of rotatable bonds is 12. The zero-order valence-electron chi connectivity index (χ0n) is 24.5. The van der Waals surface area contributed by atoms with E-state index < -0.39 is 17.1 Å². The number of nitrogens with zero attached hydrogens (tertiary/aromatic N) is 4. The normalized spacial score (nSPS) is 14.1. The van der Waals surface area contributed by atoms with Crippen LogP contribution in [0.15, 0.2) is 65.7 Å². The number of hydrogen-bond acceptors (Lipinski definition) is 9. The van der Waals surface area contributed by atoms with Crippen molar-refractivity contribution in [2.75, 3.05) is 24.5 Å². The van der Waals surface area contributed by atoms with Crippen molar-refractivity contribution in [2.24, 2.45) is 11.7 Å². The lowest BCUT2D eigenvalue weighted by molar-refractivity contribution is -0.124. The number of hydroxylamine groups is 1. The van der Waals surface area contributed by atoms with Crippen LogP contribution in [0.5, 0.6) is 0 Å². The standard InChI is InChI=1S/C33H35N7O3S/c1-2-26-27(18-34)32(38-33(28(26)19-35)44-30(31(36)42)25-6-4-3-5-7-25)40-16-14-24(15-17-40)21-37-20-23-10-8-22(9-11-23)12-13-29(41)39-43/h3-13,24,30,37,43H,2,14-17,20-21H2,1H3,(H2,36,42)(H,39,41)/b13-12+/t30-/m1/s1. The van der Waals surface area contributed by atoms with Gasteiger partial charge in [0.2, 0.25) is 5.91 Å². The minimum atomic E-state index is -0.724. The van der Waals surface area contributed by atoms with Gasteiger partial charge < -0.3 is 16.0 Å². The van der Waals surface area contributed by atoms with E-state index in [1.54, 1.807) is 11.6 Å². The number of carbonyl (C=O) groups excluding carboxylic acids is 2. The van der Waals surface area contributed by atoms with Crippen LogP contribution in [-0.4, -0.2) is 41.6 Å². The highest BCUT2D eigenvalue weighted by atomic mass is 32.2. The molecule has 0 unspecified atom stereocenters. The molecule has 44 heavy (non-hydrogen) atoms. The van der Waals surface area contributed by atoms with Crippen LogP contribution < -0.4 is 21.4 Å². The Morgan fingerprint density at radius 2 is 1.80 bits per heavy atom. The first kappa shape index (κ1) is 32.2. The van der Waals surface area contributed by atoms with Crippen molar-refractivity contribution < 1.29 is 14.8 Å². The molecular weight excluding hydrogens is 574 g/mol. The van der Waals surface area contributed by atoms with Gasteiger partial charge in [-0.05, 0) is 60.1 Å². The summed E-state index contributed by atoms with van der Waals surface area (Å²) in [7, 11) is 0. The topological polar surface area (TPSA) is 168 Å². The molecule has 1 aliphatic rings. The molecule has 10 nitrogen and oxygen atoms in total. The van der Waals surface area contributed by atoms with E-state index >= 15 is 0 Å². The molecule has 2 amide bonds. The molecule has 0 radical (unpaired) electrons. The van der Waals surface area contributed by atoms with Crippen molar-refractivity contribution in [3.8, 4) is 12.1 Å². The third-order valence-corrected chi connectivity index (χ3v) is 8.87. The molecule has 4 rings (SSSR count). The highest BCUT2D eigenvalue weighted by Crippen LogP contribution is 2.40. The number of amides is 2. The van der Waals surface area contributed by atoms with E-state index in [2.05, 4.69) is 22.4 Å². The molecule has 3 aromatic rings. The number of nitrogens with one attached hydrogen (secondary N) is 2. The van der Waals surface area contributed by atoms with Gasteiger partial charge in [0, 0.05) is 25.7 Å². The first-order valence-corrected chi connectivity index (χ1v) is 15.3. The molecule has 1 aromatic heterocycles. The van der Waals surface area contributed by atoms with Crippen LogP contribution in [0, 0.1) is 28.6 Å². The van der Waals surface area contributed by atoms with E-state index in [0.717, 1.165) is 47.8 Å². The zero-order valence-corrected chi connectivity index (χ0v) is 25.3.